The summed E-state index contributed by atoms with van der Waals surface area (Å²) in [6, 6.07) is 4.91. The summed E-state index contributed by atoms with van der Waals surface area (Å²) in [5.74, 6) is 0.755. The predicted octanol–water partition coefficient (Wildman–Crippen LogP) is 4.18. The Bertz CT molecular complexity index is 681. The topological polar surface area (TPSA) is 53.9 Å². The average Bonchev–Trinajstić information content (AvgIpc) is 2.58. The summed E-state index contributed by atoms with van der Waals surface area (Å²) in [5.41, 5.74) is 0.661. The molecule has 1 aromatic carbocycles. The molecule has 7 heteroatoms. The molecule has 2 aromatic rings. The molecule has 5 nitrogen and oxygen atoms in total. The Morgan fingerprint density at radius 1 is 1.39 bits per heavy atom. The summed E-state index contributed by atoms with van der Waals surface area (Å²) in [4.78, 5) is 6.77. The molecule has 0 saturated carbocycles. The van der Waals surface area contributed by atoms with Crippen molar-refractivity contribution in [3.05, 3.63) is 35.2 Å². The zero-order valence-corrected chi connectivity index (χ0v) is 13.7. The smallest absolute Gasteiger partial charge is 0.247 e. The average molecular weight is 336 g/mol. The molecular formula is C16H19ClFN5. The number of aromatic nitrogens is 3. The van der Waals surface area contributed by atoms with Crippen LogP contribution in [0, 0.1) is 5.82 Å². The summed E-state index contributed by atoms with van der Waals surface area (Å²) in [6.07, 6.45) is 6.16. The lowest BCUT2D eigenvalue weighted by molar-refractivity contribution is 0.442. The first-order valence-corrected chi connectivity index (χ1v) is 8.23. The molecule has 23 heavy (non-hydrogen) atoms. The summed E-state index contributed by atoms with van der Waals surface area (Å²) < 4.78 is 13.2. The van der Waals surface area contributed by atoms with Crippen LogP contribution >= 0.6 is 11.6 Å². The lowest BCUT2D eigenvalue weighted by Gasteiger charge is -2.34. The van der Waals surface area contributed by atoms with Crippen molar-refractivity contribution in [2.75, 3.05) is 16.8 Å². The lowest BCUT2D eigenvalue weighted by atomic mass is 10.0. The van der Waals surface area contributed by atoms with Crippen LogP contribution in [0.1, 0.15) is 32.6 Å². The first-order chi connectivity index (χ1) is 11.2. The van der Waals surface area contributed by atoms with E-state index in [0.29, 0.717) is 23.5 Å². The highest BCUT2D eigenvalue weighted by Crippen LogP contribution is 2.25. The zero-order chi connectivity index (χ0) is 16.2. The maximum atomic E-state index is 13.2. The fourth-order valence-corrected chi connectivity index (χ4v) is 3.07. The minimum atomic E-state index is -0.446. The van der Waals surface area contributed by atoms with Gasteiger partial charge < -0.3 is 10.2 Å². The fraction of sp³-hybridized carbons (Fsp3) is 0.438. The molecule has 122 valence electrons. The molecule has 3 rings (SSSR count). The van der Waals surface area contributed by atoms with Crippen LogP contribution in [0.2, 0.25) is 5.02 Å². The van der Waals surface area contributed by atoms with Crippen molar-refractivity contribution in [2.45, 2.75) is 38.6 Å². The number of halogens is 2. The van der Waals surface area contributed by atoms with Gasteiger partial charge in [-0.25, -0.2) is 4.39 Å². The molecule has 1 N–H and O–H groups in total. The van der Waals surface area contributed by atoms with Gasteiger partial charge in [0.25, 0.3) is 0 Å². The summed E-state index contributed by atoms with van der Waals surface area (Å²) in [5, 5.41) is 11.4. The Morgan fingerprint density at radius 3 is 3.04 bits per heavy atom. The summed E-state index contributed by atoms with van der Waals surface area (Å²) in [7, 11) is 0. The third-order valence-electron chi connectivity index (χ3n) is 4.09. The van der Waals surface area contributed by atoms with Crippen molar-refractivity contribution < 1.29 is 4.39 Å². The second-order valence-corrected chi connectivity index (χ2v) is 6.05. The van der Waals surface area contributed by atoms with E-state index in [1.807, 2.05) is 0 Å². The van der Waals surface area contributed by atoms with E-state index in [-0.39, 0.29) is 5.02 Å². The number of rotatable bonds is 4. The number of benzene rings is 1. The van der Waals surface area contributed by atoms with Crippen LogP contribution in [-0.4, -0.2) is 27.8 Å². The maximum Gasteiger partial charge on any atom is 0.247 e. The molecular weight excluding hydrogens is 317 g/mol. The van der Waals surface area contributed by atoms with Gasteiger partial charge in [-0.15, -0.1) is 5.10 Å². The minimum Gasteiger partial charge on any atom is -0.339 e. The van der Waals surface area contributed by atoms with Crippen molar-refractivity contribution in [3.8, 4) is 0 Å². The fourth-order valence-electron chi connectivity index (χ4n) is 2.89. The predicted molar refractivity (Wildman–Crippen MR) is 89.8 cm³/mol. The van der Waals surface area contributed by atoms with Gasteiger partial charge in [-0.1, -0.05) is 18.5 Å². The second kappa shape index (κ2) is 7.08. The third-order valence-corrected chi connectivity index (χ3v) is 4.38. The molecule has 0 amide bonds. The van der Waals surface area contributed by atoms with E-state index in [0.717, 1.165) is 25.8 Å². The van der Waals surface area contributed by atoms with E-state index in [9.17, 15) is 4.39 Å². The Hall–Kier alpha value is -1.95. The molecule has 1 aliphatic heterocycles. The Labute approximate surface area is 139 Å². The van der Waals surface area contributed by atoms with Crippen LogP contribution < -0.4 is 10.2 Å². The van der Waals surface area contributed by atoms with Crippen LogP contribution in [0.15, 0.2) is 24.4 Å². The maximum absolute atomic E-state index is 13.2. The Kier molecular flexibility index (Phi) is 4.91. The summed E-state index contributed by atoms with van der Waals surface area (Å²) in [6.45, 7) is 3.13. The first kappa shape index (κ1) is 15.9. The molecule has 1 aliphatic rings. The van der Waals surface area contributed by atoms with Crippen molar-refractivity contribution in [1.29, 1.82) is 0 Å². The monoisotopic (exact) mass is 335 g/mol. The zero-order valence-electron chi connectivity index (χ0n) is 13.0. The van der Waals surface area contributed by atoms with Crippen molar-refractivity contribution >= 4 is 29.1 Å². The SMILES string of the molecule is CCC1CCCCN1c1nncc(Nc2ccc(F)c(Cl)c2)n1. The number of hydrogen-bond donors (Lipinski definition) is 1. The molecule has 1 unspecified atom stereocenters. The van der Waals surface area contributed by atoms with Crippen LogP contribution in [0.25, 0.3) is 0 Å². The molecule has 0 spiro atoms. The van der Waals surface area contributed by atoms with Crippen molar-refractivity contribution in [1.82, 2.24) is 15.2 Å². The van der Waals surface area contributed by atoms with Gasteiger partial charge in [0.05, 0.1) is 11.2 Å². The molecule has 1 saturated heterocycles. The molecule has 1 atom stereocenters. The second-order valence-electron chi connectivity index (χ2n) is 5.65. The van der Waals surface area contributed by atoms with Gasteiger partial charge in [0.1, 0.15) is 5.82 Å². The standard InChI is InChI=1S/C16H19ClFN5/c1-2-12-5-3-4-8-23(12)16-21-15(10-19-22-16)20-11-6-7-14(18)13(17)9-11/h6-7,9-10,12H,2-5,8H2,1H3,(H,20,21,22). The lowest BCUT2D eigenvalue weighted by Crippen LogP contribution is -2.40. The van der Waals surface area contributed by atoms with Crippen LogP contribution in [0.4, 0.5) is 21.8 Å². The molecule has 0 aliphatic carbocycles. The third kappa shape index (κ3) is 3.69. The Balaban J connectivity index is 1.80. The molecule has 2 heterocycles. The van der Waals surface area contributed by atoms with Crippen LogP contribution in [-0.2, 0) is 0 Å². The van der Waals surface area contributed by atoms with E-state index in [1.165, 1.54) is 18.6 Å². The molecule has 0 radical (unpaired) electrons. The highest BCUT2D eigenvalue weighted by molar-refractivity contribution is 6.31. The normalized spacial score (nSPS) is 18.0. The van der Waals surface area contributed by atoms with E-state index < -0.39 is 5.82 Å². The largest absolute Gasteiger partial charge is 0.339 e. The van der Waals surface area contributed by atoms with E-state index in [1.54, 1.807) is 12.3 Å². The first-order valence-electron chi connectivity index (χ1n) is 7.86. The highest BCUT2D eigenvalue weighted by atomic mass is 35.5. The van der Waals surface area contributed by atoms with Gasteiger partial charge in [0, 0.05) is 18.3 Å². The van der Waals surface area contributed by atoms with Gasteiger partial charge >= 0.3 is 0 Å². The number of nitrogens with zero attached hydrogens (tertiary/aromatic N) is 4. The molecule has 0 bridgehead atoms. The van der Waals surface area contributed by atoms with Crippen molar-refractivity contribution in [3.63, 3.8) is 0 Å². The molecule has 1 aromatic heterocycles. The number of anilines is 3. The molecule has 1 fully saturated rings. The number of hydrogen-bond acceptors (Lipinski definition) is 5. The minimum absolute atomic E-state index is 0.0688. The highest BCUT2D eigenvalue weighted by Gasteiger charge is 2.23. The van der Waals surface area contributed by atoms with Gasteiger partial charge in [-0.2, -0.15) is 10.1 Å². The van der Waals surface area contributed by atoms with Gasteiger partial charge in [0.15, 0.2) is 5.82 Å². The van der Waals surface area contributed by atoms with Gasteiger partial charge in [0.2, 0.25) is 5.95 Å². The van der Waals surface area contributed by atoms with Gasteiger partial charge in [-0.05, 0) is 43.9 Å². The van der Waals surface area contributed by atoms with Gasteiger partial charge in [-0.3, -0.25) is 0 Å². The van der Waals surface area contributed by atoms with Crippen LogP contribution in [0.5, 0.6) is 0 Å². The Morgan fingerprint density at radius 2 is 2.26 bits per heavy atom. The van der Waals surface area contributed by atoms with E-state index >= 15 is 0 Å². The van der Waals surface area contributed by atoms with E-state index in [4.69, 9.17) is 11.6 Å². The number of nitrogens with one attached hydrogen (secondary N) is 1. The quantitative estimate of drug-likeness (QED) is 0.908. The van der Waals surface area contributed by atoms with Crippen LogP contribution in [0.3, 0.4) is 0 Å². The number of piperidine rings is 1. The van der Waals surface area contributed by atoms with Crippen molar-refractivity contribution in [2.24, 2.45) is 0 Å². The van der Waals surface area contributed by atoms with E-state index in [2.05, 4.69) is 32.3 Å². The summed E-state index contributed by atoms with van der Waals surface area (Å²) >= 11 is 5.80.